The first kappa shape index (κ1) is 11.7. The van der Waals surface area contributed by atoms with Crippen LogP contribution in [-0.2, 0) is 13.5 Å². The zero-order chi connectivity index (χ0) is 12.4. The fourth-order valence-corrected chi connectivity index (χ4v) is 1.77. The maximum absolute atomic E-state index is 12.0. The van der Waals surface area contributed by atoms with Gasteiger partial charge in [0, 0.05) is 18.5 Å². The van der Waals surface area contributed by atoms with Crippen LogP contribution in [0.5, 0.6) is 0 Å². The number of anilines is 1. The molecule has 88 valence electrons. The van der Waals surface area contributed by atoms with E-state index in [-0.39, 0.29) is 12.2 Å². The predicted molar refractivity (Wildman–Crippen MR) is 67.1 cm³/mol. The molecule has 0 radical (unpaired) electrons. The lowest BCUT2D eigenvalue weighted by molar-refractivity contribution is 0.0994. The molecule has 0 saturated carbocycles. The number of carbonyl (C=O) groups is 1. The third kappa shape index (κ3) is 2.31. The van der Waals surface area contributed by atoms with Crippen LogP contribution in [0.2, 0.25) is 5.02 Å². The van der Waals surface area contributed by atoms with Crippen LogP contribution in [0.3, 0.4) is 0 Å². The first-order valence-corrected chi connectivity index (χ1v) is 5.51. The monoisotopic (exact) mass is 249 g/mol. The number of nitrogens with two attached hydrogens (primary N) is 1. The average molecular weight is 250 g/mol. The van der Waals surface area contributed by atoms with Crippen molar-refractivity contribution in [1.29, 1.82) is 0 Å². The van der Waals surface area contributed by atoms with E-state index < -0.39 is 0 Å². The first-order chi connectivity index (χ1) is 8.09. The van der Waals surface area contributed by atoms with Gasteiger partial charge in [-0.2, -0.15) is 5.10 Å². The summed E-state index contributed by atoms with van der Waals surface area (Å²) in [4.78, 5) is 12.0. The fourth-order valence-electron chi connectivity index (χ4n) is 1.57. The Morgan fingerprint density at radius 2 is 2.18 bits per heavy atom. The molecule has 0 saturated heterocycles. The zero-order valence-corrected chi connectivity index (χ0v) is 10.1. The van der Waals surface area contributed by atoms with E-state index in [0.29, 0.717) is 16.4 Å². The Morgan fingerprint density at radius 3 is 2.76 bits per heavy atom. The van der Waals surface area contributed by atoms with E-state index in [1.165, 1.54) is 10.9 Å². The molecule has 1 aromatic carbocycles. The highest BCUT2D eigenvalue weighted by atomic mass is 35.5. The van der Waals surface area contributed by atoms with Crippen molar-refractivity contribution in [2.45, 2.75) is 6.42 Å². The minimum Gasteiger partial charge on any atom is -0.383 e. The van der Waals surface area contributed by atoms with Gasteiger partial charge in [0.25, 0.3) is 0 Å². The maximum Gasteiger partial charge on any atom is 0.172 e. The quantitative estimate of drug-likeness (QED) is 0.848. The molecule has 0 fully saturated rings. The van der Waals surface area contributed by atoms with Crippen molar-refractivity contribution in [3.63, 3.8) is 0 Å². The Kier molecular flexibility index (Phi) is 3.15. The van der Waals surface area contributed by atoms with Crippen LogP contribution in [0, 0.1) is 0 Å². The zero-order valence-electron chi connectivity index (χ0n) is 9.35. The lowest BCUT2D eigenvalue weighted by Gasteiger charge is -2.03. The summed E-state index contributed by atoms with van der Waals surface area (Å²) in [5.41, 5.74) is 6.97. The van der Waals surface area contributed by atoms with Crippen molar-refractivity contribution >= 4 is 23.2 Å². The second-order valence-corrected chi connectivity index (χ2v) is 4.17. The van der Waals surface area contributed by atoms with Gasteiger partial charge >= 0.3 is 0 Å². The van der Waals surface area contributed by atoms with Crippen molar-refractivity contribution in [1.82, 2.24) is 9.78 Å². The van der Waals surface area contributed by atoms with E-state index in [1.54, 1.807) is 13.1 Å². The summed E-state index contributed by atoms with van der Waals surface area (Å²) in [6.45, 7) is 0. The van der Waals surface area contributed by atoms with Crippen molar-refractivity contribution in [3.8, 4) is 0 Å². The smallest absolute Gasteiger partial charge is 0.172 e. The summed E-state index contributed by atoms with van der Waals surface area (Å²) in [5, 5.41) is 4.53. The highest BCUT2D eigenvalue weighted by Crippen LogP contribution is 2.19. The topological polar surface area (TPSA) is 60.9 Å². The minimum atomic E-state index is -0.0799. The van der Waals surface area contributed by atoms with Gasteiger partial charge < -0.3 is 5.73 Å². The summed E-state index contributed by atoms with van der Waals surface area (Å²) in [6, 6.07) is 7.26. The minimum absolute atomic E-state index is 0.0799. The summed E-state index contributed by atoms with van der Waals surface area (Å²) in [5.74, 6) is 0.297. The number of nitrogen functional groups attached to an aromatic ring is 1. The summed E-state index contributed by atoms with van der Waals surface area (Å²) in [7, 11) is 1.70. The molecule has 1 aromatic heterocycles. The van der Waals surface area contributed by atoms with Gasteiger partial charge in [-0.25, -0.2) is 0 Å². The molecular weight excluding hydrogens is 238 g/mol. The highest BCUT2D eigenvalue weighted by Gasteiger charge is 2.15. The number of Topliss-reactive ketones (excluding diaryl/α,β-unsaturated/α-hetero) is 1. The number of aryl methyl sites for hydroxylation is 1. The van der Waals surface area contributed by atoms with Gasteiger partial charge in [-0.1, -0.05) is 29.8 Å². The Morgan fingerprint density at radius 1 is 1.47 bits per heavy atom. The van der Waals surface area contributed by atoms with Crippen LogP contribution in [0.25, 0.3) is 0 Å². The number of rotatable bonds is 3. The van der Waals surface area contributed by atoms with Gasteiger partial charge in [-0.3, -0.25) is 9.48 Å². The summed E-state index contributed by atoms with van der Waals surface area (Å²) < 4.78 is 1.47. The number of hydrogen-bond acceptors (Lipinski definition) is 3. The number of hydrogen-bond donors (Lipinski definition) is 1. The number of benzene rings is 1. The molecule has 2 aromatic rings. The Balaban J connectivity index is 2.23. The number of ketones is 1. The molecule has 0 atom stereocenters. The second-order valence-electron chi connectivity index (χ2n) is 3.76. The van der Waals surface area contributed by atoms with Gasteiger partial charge in [-0.15, -0.1) is 0 Å². The molecule has 0 aliphatic heterocycles. The SMILES string of the molecule is Cn1ncc(C(=O)Cc2ccccc2Cl)c1N. The van der Waals surface area contributed by atoms with E-state index in [0.717, 1.165) is 5.56 Å². The lowest BCUT2D eigenvalue weighted by atomic mass is 10.1. The van der Waals surface area contributed by atoms with Crippen LogP contribution in [0.4, 0.5) is 5.82 Å². The molecule has 0 aliphatic rings. The van der Waals surface area contributed by atoms with E-state index in [1.807, 2.05) is 18.2 Å². The summed E-state index contributed by atoms with van der Waals surface area (Å²) in [6.07, 6.45) is 1.71. The Labute approximate surface area is 104 Å². The van der Waals surface area contributed by atoms with Crippen LogP contribution >= 0.6 is 11.6 Å². The third-order valence-electron chi connectivity index (χ3n) is 2.59. The molecule has 5 heteroatoms. The molecule has 2 N–H and O–H groups in total. The molecule has 1 heterocycles. The number of nitrogens with zero attached hydrogens (tertiary/aromatic N) is 2. The molecule has 17 heavy (non-hydrogen) atoms. The van der Waals surface area contributed by atoms with E-state index in [4.69, 9.17) is 17.3 Å². The normalized spacial score (nSPS) is 10.5. The van der Waals surface area contributed by atoms with Crippen molar-refractivity contribution in [3.05, 3.63) is 46.6 Å². The fraction of sp³-hybridized carbons (Fsp3) is 0.167. The Hall–Kier alpha value is -1.81. The van der Waals surface area contributed by atoms with Gasteiger partial charge in [-0.05, 0) is 11.6 Å². The van der Waals surface area contributed by atoms with Crippen molar-refractivity contribution in [2.75, 3.05) is 5.73 Å². The van der Waals surface area contributed by atoms with Crippen LogP contribution < -0.4 is 5.73 Å². The van der Waals surface area contributed by atoms with Gasteiger partial charge in [0.1, 0.15) is 5.82 Å². The second kappa shape index (κ2) is 4.59. The number of carbonyl (C=O) groups excluding carboxylic acids is 1. The standard InChI is InChI=1S/C12H12ClN3O/c1-16-12(14)9(7-15-16)11(17)6-8-4-2-3-5-10(8)13/h2-5,7H,6,14H2,1H3. The van der Waals surface area contributed by atoms with E-state index in [9.17, 15) is 4.79 Å². The molecule has 0 aliphatic carbocycles. The molecule has 0 spiro atoms. The van der Waals surface area contributed by atoms with Crippen LogP contribution in [-0.4, -0.2) is 15.6 Å². The lowest BCUT2D eigenvalue weighted by Crippen LogP contribution is -2.07. The van der Waals surface area contributed by atoms with Gasteiger partial charge in [0.2, 0.25) is 0 Å². The Bertz CT molecular complexity index is 563. The van der Waals surface area contributed by atoms with E-state index >= 15 is 0 Å². The first-order valence-electron chi connectivity index (χ1n) is 5.13. The van der Waals surface area contributed by atoms with Gasteiger partial charge in [0.15, 0.2) is 5.78 Å². The average Bonchev–Trinajstić information content (AvgIpc) is 2.63. The molecule has 4 nitrogen and oxygen atoms in total. The van der Waals surface area contributed by atoms with E-state index in [2.05, 4.69) is 5.10 Å². The molecule has 0 bridgehead atoms. The van der Waals surface area contributed by atoms with Gasteiger partial charge in [0.05, 0.1) is 11.8 Å². The van der Waals surface area contributed by atoms with Crippen LogP contribution in [0.15, 0.2) is 30.5 Å². The number of aromatic nitrogens is 2. The van der Waals surface area contributed by atoms with Crippen molar-refractivity contribution in [2.24, 2.45) is 7.05 Å². The summed E-state index contributed by atoms with van der Waals surface area (Å²) >= 11 is 6.00. The van der Waals surface area contributed by atoms with Crippen molar-refractivity contribution < 1.29 is 4.79 Å². The highest BCUT2D eigenvalue weighted by molar-refractivity contribution is 6.31. The number of halogens is 1. The maximum atomic E-state index is 12.0. The molecular formula is C12H12ClN3O. The predicted octanol–water partition coefficient (Wildman–Crippen LogP) is 2.08. The van der Waals surface area contributed by atoms with Crippen LogP contribution in [0.1, 0.15) is 15.9 Å². The third-order valence-corrected chi connectivity index (χ3v) is 2.96. The molecule has 0 unspecified atom stereocenters. The molecule has 0 amide bonds. The molecule has 2 rings (SSSR count). The largest absolute Gasteiger partial charge is 0.383 e.